The van der Waals surface area contributed by atoms with Crippen LogP contribution in [0.15, 0.2) is 30.3 Å². The van der Waals surface area contributed by atoms with E-state index in [4.69, 9.17) is 5.73 Å². The van der Waals surface area contributed by atoms with E-state index < -0.39 is 5.91 Å². The molecule has 19 heavy (non-hydrogen) atoms. The molecular formula is C14H18N4O. The van der Waals surface area contributed by atoms with Crippen molar-refractivity contribution in [2.24, 2.45) is 5.73 Å². The predicted octanol–water partition coefficient (Wildman–Crippen LogP) is 0.989. The van der Waals surface area contributed by atoms with Gasteiger partial charge in [-0.05, 0) is 19.2 Å². The molecule has 0 unspecified atom stereocenters. The van der Waals surface area contributed by atoms with Crippen LogP contribution in [0.25, 0.3) is 10.9 Å². The number of carbonyl (C=O) groups excluding carboxylic acids is 1. The Morgan fingerprint density at radius 2 is 2.16 bits per heavy atom. The van der Waals surface area contributed by atoms with Gasteiger partial charge in [0, 0.05) is 25.5 Å². The molecule has 5 nitrogen and oxygen atoms in total. The Kier molecular flexibility index (Phi) is 3.97. The fraction of sp³-hybridized carbons (Fsp3) is 0.286. The lowest BCUT2D eigenvalue weighted by molar-refractivity contribution is 0.100. The SMILES string of the molecule is CNCCN(C)c1cc(C(N)=O)c2ccccc2n1. The number of carbonyl (C=O) groups is 1. The number of para-hydroxylation sites is 1. The van der Waals surface area contributed by atoms with E-state index in [-0.39, 0.29) is 0 Å². The Hall–Kier alpha value is -2.14. The molecule has 0 fully saturated rings. The van der Waals surface area contributed by atoms with Crippen LogP contribution < -0.4 is 16.0 Å². The van der Waals surface area contributed by atoms with Gasteiger partial charge in [0.15, 0.2) is 0 Å². The number of primary amides is 1. The van der Waals surface area contributed by atoms with E-state index >= 15 is 0 Å². The summed E-state index contributed by atoms with van der Waals surface area (Å²) >= 11 is 0. The van der Waals surface area contributed by atoms with Gasteiger partial charge in [-0.2, -0.15) is 0 Å². The van der Waals surface area contributed by atoms with Gasteiger partial charge in [0.05, 0.1) is 11.1 Å². The number of rotatable bonds is 5. The number of likely N-dealkylation sites (N-methyl/N-ethyl adjacent to an activating group) is 2. The minimum atomic E-state index is -0.429. The van der Waals surface area contributed by atoms with E-state index in [2.05, 4.69) is 10.3 Å². The molecule has 2 aromatic rings. The molecule has 0 bridgehead atoms. The maximum Gasteiger partial charge on any atom is 0.249 e. The van der Waals surface area contributed by atoms with Crippen LogP contribution in [0.3, 0.4) is 0 Å². The molecule has 0 aliphatic carbocycles. The second-order valence-corrected chi connectivity index (χ2v) is 4.43. The van der Waals surface area contributed by atoms with E-state index in [1.807, 2.05) is 43.3 Å². The molecule has 0 saturated heterocycles. The highest BCUT2D eigenvalue weighted by atomic mass is 16.1. The third-order valence-electron chi connectivity index (χ3n) is 3.06. The summed E-state index contributed by atoms with van der Waals surface area (Å²) < 4.78 is 0. The van der Waals surface area contributed by atoms with Crippen molar-refractivity contribution < 1.29 is 4.79 Å². The first-order chi connectivity index (χ1) is 9.13. The lowest BCUT2D eigenvalue weighted by atomic mass is 10.1. The van der Waals surface area contributed by atoms with E-state index in [1.165, 1.54) is 0 Å². The summed E-state index contributed by atoms with van der Waals surface area (Å²) in [6.07, 6.45) is 0. The molecule has 2 rings (SSSR count). The number of hydrogen-bond acceptors (Lipinski definition) is 4. The lowest BCUT2D eigenvalue weighted by Crippen LogP contribution is -2.28. The number of nitrogens with one attached hydrogen (secondary N) is 1. The largest absolute Gasteiger partial charge is 0.366 e. The van der Waals surface area contributed by atoms with Gasteiger partial charge in [-0.1, -0.05) is 18.2 Å². The number of fused-ring (bicyclic) bond motifs is 1. The number of anilines is 1. The molecule has 0 radical (unpaired) electrons. The summed E-state index contributed by atoms with van der Waals surface area (Å²) in [5, 5.41) is 3.87. The highest BCUT2D eigenvalue weighted by Crippen LogP contribution is 2.21. The Labute approximate surface area is 112 Å². The van der Waals surface area contributed by atoms with Crippen molar-refractivity contribution in [1.82, 2.24) is 10.3 Å². The molecule has 100 valence electrons. The molecular weight excluding hydrogens is 240 g/mol. The number of benzene rings is 1. The topological polar surface area (TPSA) is 71.2 Å². The van der Waals surface area contributed by atoms with Crippen LogP contribution in [0.1, 0.15) is 10.4 Å². The zero-order valence-electron chi connectivity index (χ0n) is 11.2. The first-order valence-electron chi connectivity index (χ1n) is 6.19. The average Bonchev–Trinajstić information content (AvgIpc) is 2.43. The van der Waals surface area contributed by atoms with Gasteiger partial charge >= 0.3 is 0 Å². The van der Waals surface area contributed by atoms with E-state index in [0.717, 1.165) is 29.8 Å². The van der Waals surface area contributed by atoms with Gasteiger partial charge in [-0.3, -0.25) is 4.79 Å². The Morgan fingerprint density at radius 3 is 2.84 bits per heavy atom. The number of pyridine rings is 1. The maximum absolute atomic E-state index is 11.6. The zero-order chi connectivity index (χ0) is 13.8. The van der Waals surface area contributed by atoms with Gasteiger partial charge in [0.1, 0.15) is 5.82 Å². The minimum absolute atomic E-state index is 0.429. The van der Waals surface area contributed by atoms with Crippen LogP contribution in [-0.2, 0) is 0 Å². The average molecular weight is 258 g/mol. The molecule has 1 aromatic heterocycles. The highest BCUT2D eigenvalue weighted by molar-refractivity contribution is 6.06. The molecule has 1 heterocycles. The molecule has 0 aliphatic heterocycles. The summed E-state index contributed by atoms with van der Waals surface area (Å²) in [6.45, 7) is 1.65. The van der Waals surface area contributed by atoms with Gasteiger partial charge in [0.2, 0.25) is 5.91 Å². The third-order valence-corrected chi connectivity index (χ3v) is 3.06. The minimum Gasteiger partial charge on any atom is -0.366 e. The van der Waals surface area contributed by atoms with Gasteiger partial charge in [0.25, 0.3) is 0 Å². The second-order valence-electron chi connectivity index (χ2n) is 4.43. The van der Waals surface area contributed by atoms with Crippen molar-refractivity contribution in [3.63, 3.8) is 0 Å². The zero-order valence-corrected chi connectivity index (χ0v) is 11.2. The van der Waals surface area contributed by atoms with E-state index in [0.29, 0.717) is 5.56 Å². The summed E-state index contributed by atoms with van der Waals surface area (Å²) in [6, 6.07) is 9.27. The first kappa shape index (κ1) is 13.3. The molecule has 0 spiro atoms. The quantitative estimate of drug-likeness (QED) is 0.839. The monoisotopic (exact) mass is 258 g/mol. The van der Waals surface area contributed by atoms with Crippen LogP contribution >= 0.6 is 0 Å². The smallest absolute Gasteiger partial charge is 0.249 e. The lowest BCUT2D eigenvalue weighted by Gasteiger charge is -2.19. The normalized spacial score (nSPS) is 10.6. The van der Waals surface area contributed by atoms with Crippen molar-refractivity contribution in [2.45, 2.75) is 0 Å². The predicted molar refractivity (Wildman–Crippen MR) is 77.5 cm³/mol. The second kappa shape index (κ2) is 5.67. The number of amides is 1. The van der Waals surface area contributed by atoms with Crippen LogP contribution in [0.2, 0.25) is 0 Å². The van der Waals surface area contributed by atoms with Crippen molar-refractivity contribution in [1.29, 1.82) is 0 Å². The Morgan fingerprint density at radius 1 is 1.42 bits per heavy atom. The van der Waals surface area contributed by atoms with Crippen molar-refractivity contribution in [3.8, 4) is 0 Å². The fourth-order valence-electron chi connectivity index (χ4n) is 1.95. The van der Waals surface area contributed by atoms with Gasteiger partial charge in [-0.15, -0.1) is 0 Å². The Balaban J connectivity index is 2.49. The standard InChI is InChI=1S/C14H18N4O/c1-16-7-8-18(2)13-9-11(14(15)19)10-5-3-4-6-12(10)17-13/h3-6,9,16H,7-8H2,1-2H3,(H2,15,19). The molecule has 5 heteroatoms. The number of nitrogens with two attached hydrogens (primary N) is 1. The number of aromatic nitrogens is 1. The van der Waals surface area contributed by atoms with Crippen molar-refractivity contribution in [2.75, 3.05) is 32.1 Å². The van der Waals surface area contributed by atoms with Crippen LogP contribution in [0, 0.1) is 0 Å². The molecule has 0 atom stereocenters. The molecule has 1 aromatic carbocycles. The Bertz CT molecular complexity index is 597. The molecule has 1 amide bonds. The van der Waals surface area contributed by atoms with E-state index in [1.54, 1.807) is 6.07 Å². The molecule has 0 aliphatic rings. The third kappa shape index (κ3) is 2.82. The van der Waals surface area contributed by atoms with Gasteiger partial charge < -0.3 is 16.0 Å². The van der Waals surface area contributed by atoms with Crippen molar-refractivity contribution >= 4 is 22.6 Å². The van der Waals surface area contributed by atoms with Crippen molar-refractivity contribution in [3.05, 3.63) is 35.9 Å². The van der Waals surface area contributed by atoms with Crippen LogP contribution in [-0.4, -0.2) is 38.1 Å². The summed E-state index contributed by atoms with van der Waals surface area (Å²) in [5.41, 5.74) is 6.74. The number of nitrogens with zero attached hydrogens (tertiary/aromatic N) is 2. The van der Waals surface area contributed by atoms with E-state index in [9.17, 15) is 4.79 Å². The van der Waals surface area contributed by atoms with Crippen LogP contribution in [0.5, 0.6) is 0 Å². The molecule has 0 saturated carbocycles. The highest BCUT2D eigenvalue weighted by Gasteiger charge is 2.12. The summed E-state index contributed by atoms with van der Waals surface area (Å²) in [4.78, 5) is 18.1. The maximum atomic E-state index is 11.6. The summed E-state index contributed by atoms with van der Waals surface area (Å²) in [5.74, 6) is 0.324. The van der Waals surface area contributed by atoms with Gasteiger partial charge in [-0.25, -0.2) is 4.98 Å². The molecule has 3 N–H and O–H groups in total. The first-order valence-corrected chi connectivity index (χ1v) is 6.19. The fourth-order valence-corrected chi connectivity index (χ4v) is 1.95. The van der Waals surface area contributed by atoms with Crippen LogP contribution in [0.4, 0.5) is 5.82 Å². The number of hydrogen-bond donors (Lipinski definition) is 2. The summed E-state index contributed by atoms with van der Waals surface area (Å²) in [7, 11) is 3.84.